The Kier molecular flexibility index (Phi) is 2.05. The van der Waals surface area contributed by atoms with Gasteiger partial charge in [-0.05, 0) is 18.2 Å². The molecule has 72 valence electrons. The number of hydrogen-bond acceptors (Lipinski definition) is 3. The summed E-state index contributed by atoms with van der Waals surface area (Å²) in [7, 11) is 0. The number of imidazole rings is 1. The lowest BCUT2D eigenvalue weighted by Gasteiger charge is -2.00. The van der Waals surface area contributed by atoms with Crippen LogP contribution in [0.5, 0.6) is 11.6 Å². The highest BCUT2D eigenvalue weighted by atomic mass is 35.5. The summed E-state index contributed by atoms with van der Waals surface area (Å²) >= 11 is 5.87. The van der Waals surface area contributed by atoms with Crippen LogP contribution in [0.4, 0.5) is 0 Å². The third-order valence-electron chi connectivity index (χ3n) is 1.77. The van der Waals surface area contributed by atoms with Gasteiger partial charge in [0, 0.05) is 5.56 Å². The first-order valence-corrected chi connectivity index (χ1v) is 4.27. The van der Waals surface area contributed by atoms with Gasteiger partial charge in [-0.3, -0.25) is 0 Å². The molecule has 0 aliphatic rings. The summed E-state index contributed by atoms with van der Waals surface area (Å²) in [4.78, 5) is 6.54. The molecule has 2 aromatic rings. The lowest BCUT2D eigenvalue weighted by molar-refractivity contribution is 0.457. The fraction of sp³-hybridized carbons (Fsp3) is 0. The standard InChI is InChI=1S/C9H7ClN2O2/c10-7-3-5(13)1-2-6(7)9-11-4-8(14)12-9/h1-4,13-14H,(H,11,12). The molecule has 0 radical (unpaired) electrons. The predicted molar refractivity (Wildman–Crippen MR) is 52.4 cm³/mol. The summed E-state index contributed by atoms with van der Waals surface area (Å²) in [6.07, 6.45) is 1.29. The Bertz CT molecular complexity index is 468. The van der Waals surface area contributed by atoms with Crippen molar-refractivity contribution in [2.24, 2.45) is 0 Å². The number of aromatic hydroxyl groups is 2. The maximum atomic E-state index is 9.13. The number of nitrogens with one attached hydrogen (secondary N) is 1. The van der Waals surface area contributed by atoms with Crippen LogP contribution >= 0.6 is 11.6 Å². The van der Waals surface area contributed by atoms with E-state index < -0.39 is 0 Å². The van der Waals surface area contributed by atoms with Crippen molar-refractivity contribution in [3.63, 3.8) is 0 Å². The Morgan fingerprint density at radius 2 is 2.07 bits per heavy atom. The summed E-state index contributed by atoms with van der Waals surface area (Å²) in [6, 6.07) is 4.53. The molecule has 0 fully saturated rings. The summed E-state index contributed by atoms with van der Waals surface area (Å²) in [5.74, 6) is 0.533. The molecular weight excluding hydrogens is 204 g/mol. The molecule has 0 bridgehead atoms. The number of aromatic nitrogens is 2. The third kappa shape index (κ3) is 1.52. The minimum atomic E-state index is -0.0239. The molecule has 0 aliphatic heterocycles. The van der Waals surface area contributed by atoms with Crippen LogP contribution in [0.2, 0.25) is 5.02 Å². The maximum Gasteiger partial charge on any atom is 0.208 e. The van der Waals surface area contributed by atoms with E-state index in [2.05, 4.69) is 9.97 Å². The minimum absolute atomic E-state index is 0.0239. The van der Waals surface area contributed by atoms with E-state index >= 15 is 0 Å². The van der Waals surface area contributed by atoms with Crippen LogP contribution in [0.15, 0.2) is 24.4 Å². The van der Waals surface area contributed by atoms with E-state index in [0.29, 0.717) is 16.4 Å². The van der Waals surface area contributed by atoms with Gasteiger partial charge in [0.2, 0.25) is 5.88 Å². The third-order valence-corrected chi connectivity index (χ3v) is 2.08. The van der Waals surface area contributed by atoms with Gasteiger partial charge in [0.05, 0.1) is 11.2 Å². The average Bonchev–Trinajstić information content (AvgIpc) is 2.51. The van der Waals surface area contributed by atoms with Gasteiger partial charge in [0.25, 0.3) is 0 Å². The fourth-order valence-corrected chi connectivity index (χ4v) is 1.41. The van der Waals surface area contributed by atoms with Crippen molar-refractivity contribution in [2.75, 3.05) is 0 Å². The fourth-order valence-electron chi connectivity index (χ4n) is 1.14. The number of hydrogen-bond donors (Lipinski definition) is 3. The molecule has 0 saturated carbocycles. The van der Waals surface area contributed by atoms with Gasteiger partial charge < -0.3 is 15.2 Å². The van der Waals surface area contributed by atoms with Gasteiger partial charge in [0.15, 0.2) is 0 Å². The van der Waals surface area contributed by atoms with Crippen molar-refractivity contribution in [3.05, 3.63) is 29.4 Å². The lowest BCUT2D eigenvalue weighted by Crippen LogP contribution is -1.81. The largest absolute Gasteiger partial charge is 0.508 e. The zero-order chi connectivity index (χ0) is 10.1. The molecule has 0 saturated heterocycles. The molecule has 0 unspecified atom stereocenters. The second-order valence-electron chi connectivity index (χ2n) is 2.78. The molecule has 14 heavy (non-hydrogen) atoms. The van der Waals surface area contributed by atoms with E-state index in [4.69, 9.17) is 21.8 Å². The molecule has 2 rings (SSSR count). The first-order valence-electron chi connectivity index (χ1n) is 3.89. The second kappa shape index (κ2) is 3.23. The molecule has 1 aromatic carbocycles. The van der Waals surface area contributed by atoms with Crippen molar-refractivity contribution in [3.8, 4) is 23.0 Å². The smallest absolute Gasteiger partial charge is 0.208 e. The van der Waals surface area contributed by atoms with Crippen LogP contribution in [0, 0.1) is 0 Å². The quantitative estimate of drug-likeness (QED) is 0.676. The zero-order valence-electron chi connectivity index (χ0n) is 7.03. The van der Waals surface area contributed by atoms with Crippen LogP contribution < -0.4 is 0 Å². The summed E-state index contributed by atoms with van der Waals surface area (Å²) in [6.45, 7) is 0. The molecule has 3 N–H and O–H groups in total. The molecule has 1 heterocycles. The molecule has 0 amide bonds. The molecular formula is C9H7ClN2O2. The summed E-state index contributed by atoms with van der Waals surface area (Å²) < 4.78 is 0. The van der Waals surface area contributed by atoms with Crippen molar-refractivity contribution in [2.45, 2.75) is 0 Å². The summed E-state index contributed by atoms with van der Waals surface area (Å²) in [5, 5.41) is 18.5. The van der Waals surface area contributed by atoms with E-state index in [1.807, 2.05) is 0 Å². The zero-order valence-corrected chi connectivity index (χ0v) is 7.78. The number of halogens is 1. The minimum Gasteiger partial charge on any atom is -0.508 e. The Morgan fingerprint density at radius 3 is 2.64 bits per heavy atom. The summed E-state index contributed by atoms with van der Waals surface area (Å²) in [5.41, 5.74) is 0.629. The molecule has 1 aromatic heterocycles. The van der Waals surface area contributed by atoms with Gasteiger partial charge in [-0.1, -0.05) is 11.6 Å². The van der Waals surface area contributed by atoms with E-state index in [1.54, 1.807) is 6.07 Å². The maximum absolute atomic E-state index is 9.13. The first kappa shape index (κ1) is 8.90. The first-order chi connectivity index (χ1) is 6.66. The number of nitrogens with zero attached hydrogens (tertiary/aromatic N) is 1. The van der Waals surface area contributed by atoms with E-state index in [0.717, 1.165) is 0 Å². The monoisotopic (exact) mass is 210 g/mol. The number of aromatic amines is 1. The number of benzene rings is 1. The van der Waals surface area contributed by atoms with Crippen LogP contribution in [-0.4, -0.2) is 20.2 Å². The Labute approximate surface area is 84.8 Å². The Hall–Kier alpha value is -1.68. The molecule has 5 heteroatoms. The van der Waals surface area contributed by atoms with Crippen molar-refractivity contribution in [1.29, 1.82) is 0 Å². The highest BCUT2D eigenvalue weighted by Crippen LogP contribution is 2.29. The normalized spacial score (nSPS) is 10.4. The highest BCUT2D eigenvalue weighted by Gasteiger charge is 2.07. The van der Waals surface area contributed by atoms with E-state index in [1.165, 1.54) is 18.3 Å². The molecule has 0 spiro atoms. The predicted octanol–water partition coefficient (Wildman–Crippen LogP) is 2.14. The van der Waals surface area contributed by atoms with Gasteiger partial charge in [-0.15, -0.1) is 0 Å². The second-order valence-corrected chi connectivity index (χ2v) is 3.19. The molecule has 0 atom stereocenters. The van der Waals surface area contributed by atoms with Crippen LogP contribution in [0.3, 0.4) is 0 Å². The Balaban J connectivity index is 2.52. The SMILES string of the molecule is Oc1ccc(-c2ncc(O)[nH]2)c(Cl)c1. The van der Waals surface area contributed by atoms with Gasteiger partial charge >= 0.3 is 0 Å². The Morgan fingerprint density at radius 1 is 1.29 bits per heavy atom. The average molecular weight is 211 g/mol. The van der Waals surface area contributed by atoms with E-state index in [-0.39, 0.29) is 11.6 Å². The van der Waals surface area contributed by atoms with Crippen LogP contribution in [-0.2, 0) is 0 Å². The number of phenolic OH excluding ortho intramolecular Hbond substituents is 1. The lowest BCUT2D eigenvalue weighted by atomic mass is 10.2. The van der Waals surface area contributed by atoms with Crippen LogP contribution in [0.1, 0.15) is 0 Å². The number of phenols is 1. The number of H-pyrrole nitrogens is 1. The topological polar surface area (TPSA) is 69.1 Å². The van der Waals surface area contributed by atoms with Crippen molar-refractivity contribution < 1.29 is 10.2 Å². The van der Waals surface area contributed by atoms with Crippen molar-refractivity contribution in [1.82, 2.24) is 9.97 Å². The van der Waals surface area contributed by atoms with Gasteiger partial charge in [-0.2, -0.15) is 0 Å². The number of rotatable bonds is 1. The molecule has 4 nitrogen and oxygen atoms in total. The van der Waals surface area contributed by atoms with E-state index in [9.17, 15) is 0 Å². The van der Waals surface area contributed by atoms with Gasteiger partial charge in [0.1, 0.15) is 11.6 Å². The molecule has 0 aliphatic carbocycles. The van der Waals surface area contributed by atoms with Crippen LogP contribution in [0.25, 0.3) is 11.4 Å². The van der Waals surface area contributed by atoms with Crippen molar-refractivity contribution >= 4 is 11.6 Å². The highest BCUT2D eigenvalue weighted by molar-refractivity contribution is 6.33. The van der Waals surface area contributed by atoms with Gasteiger partial charge in [-0.25, -0.2) is 4.98 Å².